The molecule has 2 aromatic heterocycles. The molecule has 4 nitrogen and oxygen atoms in total. The van der Waals surface area contributed by atoms with Crippen molar-refractivity contribution in [2.24, 2.45) is 0 Å². The Morgan fingerprint density at radius 2 is 2.00 bits per heavy atom. The van der Waals surface area contributed by atoms with Crippen LogP contribution in [0.1, 0.15) is 5.56 Å². The van der Waals surface area contributed by atoms with Crippen LogP contribution in [0.5, 0.6) is 0 Å². The van der Waals surface area contributed by atoms with Gasteiger partial charge in [0.2, 0.25) is 0 Å². The van der Waals surface area contributed by atoms with Crippen molar-refractivity contribution in [3.63, 3.8) is 0 Å². The second kappa shape index (κ2) is 5.00. The highest BCUT2D eigenvalue weighted by atomic mass is 35.5. The molecule has 0 bridgehead atoms. The quantitative estimate of drug-likeness (QED) is 0.673. The van der Waals surface area contributed by atoms with E-state index in [1.807, 2.05) is 31.2 Å². The molecule has 0 aliphatic rings. The first kappa shape index (κ1) is 12.7. The van der Waals surface area contributed by atoms with Crippen molar-refractivity contribution in [2.45, 2.75) is 16.8 Å². The Bertz CT molecular complexity index is 757. The van der Waals surface area contributed by atoms with Gasteiger partial charge in [-0.3, -0.25) is 0 Å². The Hall–Kier alpha value is -1.30. The Morgan fingerprint density at radius 1 is 1.21 bits per heavy atom. The van der Waals surface area contributed by atoms with Gasteiger partial charge in [0.15, 0.2) is 0 Å². The monoisotopic (exact) mass is 310 g/mol. The topological polar surface area (TPSA) is 43.1 Å². The highest BCUT2D eigenvalue weighted by Gasteiger charge is 2.14. The highest BCUT2D eigenvalue weighted by molar-refractivity contribution is 7.99. The minimum atomic E-state index is 0.426. The molecule has 1 aromatic carbocycles. The summed E-state index contributed by atoms with van der Waals surface area (Å²) in [6.07, 6.45) is 1.45. The maximum Gasteiger partial charge on any atom is 0.254 e. The molecule has 0 spiro atoms. The van der Waals surface area contributed by atoms with Gasteiger partial charge < -0.3 is 0 Å². The molecule has 0 saturated carbocycles. The zero-order valence-corrected chi connectivity index (χ0v) is 12.2. The standard InChI is InChI=1S/C12H8Cl2N4S/c1-7-10(14)17-12-15-6-16-18(12)11(7)19-9-5-3-2-4-8(9)13/h2-6H,1H3. The summed E-state index contributed by atoms with van der Waals surface area (Å²) < 4.78 is 1.66. The van der Waals surface area contributed by atoms with Crippen molar-refractivity contribution in [1.82, 2.24) is 19.6 Å². The highest BCUT2D eigenvalue weighted by Crippen LogP contribution is 2.36. The van der Waals surface area contributed by atoms with Crippen LogP contribution in [0.15, 0.2) is 40.5 Å². The molecule has 3 rings (SSSR count). The van der Waals surface area contributed by atoms with Crippen molar-refractivity contribution >= 4 is 40.7 Å². The molecule has 0 atom stereocenters. The summed E-state index contributed by atoms with van der Waals surface area (Å²) in [6, 6.07) is 7.62. The molecular formula is C12H8Cl2N4S. The van der Waals surface area contributed by atoms with Gasteiger partial charge >= 0.3 is 0 Å². The van der Waals surface area contributed by atoms with Crippen molar-refractivity contribution in [3.05, 3.63) is 46.3 Å². The van der Waals surface area contributed by atoms with Gasteiger partial charge in [0.05, 0.1) is 5.02 Å². The number of rotatable bonds is 2. The van der Waals surface area contributed by atoms with Crippen LogP contribution in [0.3, 0.4) is 0 Å². The molecule has 0 unspecified atom stereocenters. The first-order chi connectivity index (χ1) is 9.16. The van der Waals surface area contributed by atoms with Crippen LogP contribution in [-0.4, -0.2) is 19.6 Å². The number of benzene rings is 1. The number of nitrogens with zero attached hydrogens (tertiary/aromatic N) is 4. The zero-order chi connectivity index (χ0) is 13.4. The summed E-state index contributed by atoms with van der Waals surface area (Å²) in [5.74, 6) is 0.477. The number of halogens is 2. The van der Waals surface area contributed by atoms with Crippen molar-refractivity contribution in [3.8, 4) is 0 Å². The van der Waals surface area contributed by atoms with Crippen LogP contribution in [0.2, 0.25) is 10.2 Å². The average molecular weight is 311 g/mol. The minimum absolute atomic E-state index is 0.426. The summed E-state index contributed by atoms with van der Waals surface area (Å²) in [7, 11) is 0. The molecule has 0 fully saturated rings. The number of hydrogen-bond donors (Lipinski definition) is 0. The van der Waals surface area contributed by atoms with Gasteiger partial charge in [-0.05, 0) is 19.1 Å². The van der Waals surface area contributed by atoms with E-state index < -0.39 is 0 Å². The van der Waals surface area contributed by atoms with Gasteiger partial charge in [0, 0.05) is 10.5 Å². The summed E-state index contributed by atoms with van der Waals surface area (Å²) in [5.41, 5.74) is 0.851. The molecule has 0 radical (unpaired) electrons. The Balaban J connectivity index is 2.17. The van der Waals surface area contributed by atoms with Crippen LogP contribution in [-0.2, 0) is 0 Å². The first-order valence-corrected chi connectivity index (χ1v) is 7.02. The second-order valence-corrected chi connectivity index (χ2v) is 5.63. The molecule has 3 aromatic rings. The van der Waals surface area contributed by atoms with E-state index in [-0.39, 0.29) is 0 Å². The largest absolute Gasteiger partial charge is 0.254 e. The van der Waals surface area contributed by atoms with Crippen LogP contribution >= 0.6 is 35.0 Å². The third-order valence-electron chi connectivity index (χ3n) is 2.59. The van der Waals surface area contributed by atoms with Crippen LogP contribution in [0.4, 0.5) is 0 Å². The van der Waals surface area contributed by atoms with E-state index in [0.717, 1.165) is 15.5 Å². The summed E-state index contributed by atoms with van der Waals surface area (Å²) in [6.45, 7) is 1.90. The lowest BCUT2D eigenvalue weighted by molar-refractivity contribution is 0.825. The zero-order valence-electron chi connectivity index (χ0n) is 9.84. The Morgan fingerprint density at radius 3 is 2.79 bits per heavy atom. The summed E-state index contributed by atoms with van der Waals surface area (Å²) >= 11 is 13.8. The molecule has 19 heavy (non-hydrogen) atoms. The number of hydrogen-bond acceptors (Lipinski definition) is 4. The van der Waals surface area contributed by atoms with Gasteiger partial charge in [-0.15, -0.1) is 0 Å². The average Bonchev–Trinajstić information content (AvgIpc) is 2.85. The van der Waals surface area contributed by atoms with Gasteiger partial charge in [-0.25, -0.2) is 0 Å². The van der Waals surface area contributed by atoms with E-state index in [4.69, 9.17) is 23.2 Å². The molecule has 0 aliphatic heterocycles. The molecular weight excluding hydrogens is 303 g/mol. The van der Waals surface area contributed by atoms with Gasteiger partial charge in [-0.2, -0.15) is 19.6 Å². The van der Waals surface area contributed by atoms with Crippen molar-refractivity contribution in [2.75, 3.05) is 0 Å². The lowest BCUT2D eigenvalue weighted by Crippen LogP contribution is -1.99. The molecule has 0 aliphatic carbocycles. The Labute approximate surface area is 123 Å². The maximum absolute atomic E-state index is 6.18. The van der Waals surface area contributed by atoms with Crippen molar-refractivity contribution in [1.29, 1.82) is 0 Å². The summed E-state index contributed by atoms with van der Waals surface area (Å²) in [5, 5.41) is 6.14. The molecule has 7 heteroatoms. The van der Waals surface area contributed by atoms with Crippen molar-refractivity contribution < 1.29 is 0 Å². The third-order valence-corrected chi connectivity index (χ3v) is 4.65. The number of fused-ring (bicyclic) bond motifs is 1. The van der Waals surface area contributed by atoms with Crippen LogP contribution in [0, 0.1) is 6.92 Å². The molecule has 0 saturated heterocycles. The second-order valence-electron chi connectivity index (χ2n) is 3.84. The fourth-order valence-electron chi connectivity index (χ4n) is 1.63. The van der Waals surface area contributed by atoms with E-state index in [9.17, 15) is 0 Å². The molecule has 96 valence electrons. The van der Waals surface area contributed by atoms with Gasteiger partial charge in [0.1, 0.15) is 16.5 Å². The summed E-state index contributed by atoms with van der Waals surface area (Å²) in [4.78, 5) is 9.16. The number of aromatic nitrogens is 4. The van der Waals surface area contributed by atoms with E-state index in [1.54, 1.807) is 4.52 Å². The van der Waals surface area contributed by atoms with Crippen LogP contribution < -0.4 is 0 Å². The van der Waals surface area contributed by atoms with E-state index in [0.29, 0.717) is 16.0 Å². The Kier molecular flexibility index (Phi) is 3.35. The first-order valence-electron chi connectivity index (χ1n) is 5.45. The third kappa shape index (κ3) is 2.29. The van der Waals surface area contributed by atoms with E-state index >= 15 is 0 Å². The lowest BCUT2D eigenvalue weighted by atomic mass is 10.4. The van der Waals surface area contributed by atoms with Gasteiger partial charge in [0.25, 0.3) is 5.78 Å². The fraction of sp³-hybridized carbons (Fsp3) is 0.0833. The molecule has 0 N–H and O–H groups in total. The SMILES string of the molecule is Cc1c(Cl)nc2ncnn2c1Sc1ccccc1Cl. The van der Waals surface area contributed by atoms with Gasteiger partial charge in [-0.1, -0.05) is 47.1 Å². The smallest absolute Gasteiger partial charge is 0.199 e. The maximum atomic E-state index is 6.18. The van der Waals surface area contributed by atoms with E-state index in [2.05, 4.69) is 15.1 Å². The minimum Gasteiger partial charge on any atom is -0.199 e. The molecule has 0 amide bonds. The van der Waals surface area contributed by atoms with Crippen LogP contribution in [0.25, 0.3) is 5.78 Å². The predicted octanol–water partition coefficient (Wildman–Crippen LogP) is 3.89. The fourth-order valence-corrected chi connectivity index (χ4v) is 3.08. The predicted molar refractivity (Wildman–Crippen MR) is 76.1 cm³/mol. The van der Waals surface area contributed by atoms with E-state index in [1.165, 1.54) is 18.1 Å². The molecule has 2 heterocycles. The normalized spacial score (nSPS) is 11.1. The lowest BCUT2D eigenvalue weighted by Gasteiger charge is -2.09.